The van der Waals surface area contributed by atoms with Crippen molar-refractivity contribution >= 4 is 23.7 Å². The Morgan fingerprint density at radius 3 is 2.58 bits per heavy atom. The second-order valence-electron chi connectivity index (χ2n) is 4.04. The summed E-state index contributed by atoms with van der Waals surface area (Å²) >= 11 is 5.93. The van der Waals surface area contributed by atoms with E-state index in [-0.39, 0.29) is 5.91 Å². The molecule has 1 amide bonds. The van der Waals surface area contributed by atoms with Gasteiger partial charge in [-0.25, -0.2) is 5.43 Å². The fraction of sp³-hybridized carbons (Fsp3) is 0.0667. The monoisotopic (exact) mass is 272 g/mol. The second kappa shape index (κ2) is 6.16. The average Bonchev–Trinajstić information content (AvgIpc) is 2.41. The Bertz CT molecular complexity index is 623. The van der Waals surface area contributed by atoms with Crippen molar-refractivity contribution in [1.29, 1.82) is 0 Å². The Balaban J connectivity index is 2.06. The molecule has 0 aliphatic heterocycles. The molecule has 0 radical (unpaired) electrons. The van der Waals surface area contributed by atoms with Gasteiger partial charge >= 0.3 is 0 Å². The minimum absolute atomic E-state index is 0.324. The number of hydrogen-bond donors (Lipinski definition) is 1. The SMILES string of the molecule is Cc1ccccc1/C=N/NC(=O)c1ccccc1Cl. The number of hydrogen-bond acceptors (Lipinski definition) is 2. The molecule has 0 aliphatic rings. The number of rotatable bonds is 3. The summed E-state index contributed by atoms with van der Waals surface area (Å²) in [7, 11) is 0. The van der Waals surface area contributed by atoms with E-state index in [1.807, 2.05) is 31.2 Å². The predicted molar refractivity (Wildman–Crippen MR) is 77.7 cm³/mol. The van der Waals surface area contributed by atoms with Gasteiger partial charge in [-0.2, -0.15) is 5.10 Å². The fourth-order valence-electron chi connectivity index (χ4n) is 1.60. The van der Waals surface area contributed by atoms with Gasteiger partial charge in [0.15, 0.2) is 0 Å². The van der Waals surface area contributed by atoms with Gasteiger partial charge in [-0.3, -0.25) is 4.79 Å². The van der Waals surface area contributed by atoms with Crippen LogP contribution in [0.1, 0.15) is 21.5 Å². The van der Waals surface area contributed by atoms with E-state index < -0.39 is 0 Å². The first-order valence-corrected chi connectivity index (χ1v) is 6.20. The van der Waals surface area contributed by atoms with Gasteiger partial charge in [0.05, 0.1) is 16.8 Å². The highest BCUT2D eigenvalue weighted by molar-refractivity contribution is 6.33. The summed E-state index contributed by atoms with van der Waals surface area (Å²) in [4.78, 5) is 11.8. The Hall–Kier alpha value is -2.13. The van der Waals surface area contributed by atoms with Gasteiger partial charge in [0.1, 0.15) is 0 Å². The minimum Gasteiger partial charge on any atom is -0.267 e. The van der Waals surface area contributed by atoms with E-state index in [9.17, 15) is 4.79 Å². The van der Waals surface area contributed by atoms with Crippen LogP contribution in [0, 0.1) is 6.92 Å². The number of hydrazone groups is 1. The van der Waals surface area contributed by atoms with Crippen LogP contribution in [0.2, 0.25) is 5.02 Å². The third kappa shape index (κ3) is 3.42. The molecule has 19 heavy (non-hydrogen) atoms. The molecule has 4 heteroatoms. The Morgan fingerprint density at radius 1 is 1.16 bits per heavy atom. The van der Waals surface area contributed by atoms with Crippen molar-refractivity contribution in [2.45, 2.75) is 6.92 Å². The van der Waals surface area contributed by atoms with E-state index in [4.69, 9.17) is 11.6 Å². The normalized spacial score (nSPS) is 10.6. The molecule has 3 nitrogen and oxygen atoms in total. The number of halogens is 1. The van der Waals surface area contributed by atoms with Crippen LogP contribution in [0.3, 0.4) is 0 Å². The Kier molecular flexibility index (Phi) is 4.31. The number of carbonyl (C=O) groups excluding carboxylic acids is 1. The topological polar surface area (TPSA) is 41.5 Å². The molecule has 2 aromatic rings. The molecular weight excluding hydrogens is 260 g/mol. The van der Waals surface area contributed by atoms with Crippen LogP contribution in [-0.4, -0.2) is 12.1 Å². The van der Waals surface area contributed by atoms with Crippen LogP contribution in [-0.2, 0) is 0 Å². The van der Waals surface area contributed by atoms with Crippen LogP contribution in [0.25, 0.3) is 0 Å². The lowest BCUT2D eigenvalue weighted by molar-refractivity contribution is 0.0955. The summed E-state index contributed by atoms with van der Waals surface area (Å²) in [5.74, 6) is -0.324. The van der Waals surface area contributed by atoms with Gasteiger partial charge in [-0.05, 0) is 30.2 Å². The lowest BCUT2D eigenvalue weighted by atomic mass is 10.1. The van der Waals surface area contributed by atoms with Crippen LogP contribution in [0.5, 0.6) is 0 Å². The molecule has 2 aromatic carbocycles. The van der Waals surface area contributed by atoms with E-state index in [1.54, 1.807) is 30.5 Å². The van der Waals surface area contributed by atoms with Crippen LogP contribution < -0.4 is 5.43 Å². The van der Waals surface area contributed by atoms with Crippen molar-refractivity contribution in [3.8, 4) is 0 Å². The number of aryl methyl sites for hydroxylation is 1. The smallest absolute Gasteiger partial charge is 0.267 e. The summed E-state index contributed by atoms with van der Waals surface area (Å²) < 4.78 is 0. The van der Waals surface area contributed by atoms with Gasteiger partial charge in [0.25, 0.3) is 5.91 Å². The molecule has 0 saturated carbocycles. The van der Waals surface area contributed by atoms with Crippen molar-refractivity contribution in [2.75, 3.05) is 0 Å². The number of benzene rings is 2. The van der Waals surface area contributed by atoms with Gasteiger partial charge in [-0.15, -0.1) is 0 Å². The van der Waals surface area contributed by atoms with Gasteiger partial charge in [-0.1, -0.05) is 48.0 Å². The van der Waals surface area contributed by atoms with Crippen molar-refractivity contribution in [2.24, 2.45) is 5.10 Å². The van der Waals surface area contributed by atoms with E-state index >= 15 is 0 Å². The van der Waals surface area contributed by atoms with Crippen molar-refractivity contribution in [3.63, 3.8) is 0 Å². The van der Waals surface area contributed by atoms with Crippen LogP contribution in [0.15, 0.2) is 53.6 Å². The molecule has 2 rings (SSSR count). The van der Waals surface area contributed by atoms with Crippen LogP contribution in [0.4, 0.5) is 0 Å². The molecule has 1 N–H and O–H groups in total. The maximum Gasteiger partial charge on any atom is 0.272 e. The lowest BCUT2D eigenvalue weighted by Crippen LogP contribution is -2.18. The third-order valence-electron chi connectivity index (χ3n) is 2.68. The minimum atomic E-state index is -0.324. The zero-order chi connectivity index (χ0) is 13.7. The molecule has 96 valence electrons. The van der Waals surface area contributed by atoms with Gasteiger partial charge < -0.3 is 0 Å². The van der Waals surface area contributed by atoms with Crippen molar-refractivity contribution < 1.29 is 4.79 Å². The molecule has 0 bridgehead atoms. The number of amides is 1. The number of carbonyl (C=O) groups is 1. The maximum absolute atomic E-state index is 11.8. The molecule has 0 unspecified atom stereocenters. The highest BCUT2D eigenvalue weighted by Gasteiger charge is 2.07. The zero-order valence-corrected chi connectivity index (χ0v) is 11.2. The van der Waals surface area contributed by atoms with E-state index in [0.29, 0.717) is 10.6 Å². The number of nitrogens with one attached hydrogen (secondary N) is 1. The molecule has 0 aliphatic carbocycles. The summed E-state index contributed by atoms with van der Waals surface area (Å²) in [6, 6.07) is 14.6. The highest BCUT2D eigenvalue weighted by Crippen LogP contribution is 2.14. The highest BCUT2D eigenvalue weighted by atomic mass is 35.5. The number of nitrogens with zero attached hydrogens (tertiary/aromatic N) is 1. The molecular formula is C15H13ClN2O. The summed E-state index contributed by atoms with van der Waals surface area (Å²) in [5.41, 5.74) is 4.93. The van der Waals surface area contributed by atoms with E-state index in [0.717, 1.165) is 11.1 Å². The van der Waals surface area contributed by atoms with E-state index in [2.05, 4.69) is 10.5 Å². The first-order chi connectivity index (χ1) is 9.18. The maximum atomic E-state index is 11.8. The molecule has 0 saturated heterocycles. The standard InChI is InChI=1S/C15H13ClN2O/c1-11-6-2-3-7-12(11)10-17-18-15(19)13-8-4-5-9-14(13)16/h2-10H,1H3,(H,18,19)/b17-10+. The quantitative estimate of drug-likeness (QED) is 0.675. The van der Waals surface area contributed by atoms with Crippen molar-refractivity contribution in [1.82, 2.24) is 5.43 Å². The van der Waals surface area contributed by atoms with Crippen LogP contribution >= 0.6 is 11.6 Å². The molecule has 0 spiro atoms. The average molecular weight is 273 g/mol. The molecule has 0 aromatic heterocycles. The lowest BCUT2D eigenvalue weighted by Gasteiger charge is -2.02. The zero-order valence-electron chi connectivity index (χ0n) is 10.4. The van der Waals surface area contributed by atoms with E-state index in [1.165, 1.54) is 0 Å². The predicted octanol–water partition coefficient (Wildman–Crippen LogP) is 3.41. The van der Waals surface area contributed by atoms with Crippen molar-refractivity contribution in [3.05, 3.63) is 70.2 Å². The first kappa shape index (κ1) is 13.3. The summed E-state index contributed by atoms with van der Waals surface area (Å²) in [6.45, 7) is 1.98. The summed E-state index contributed by atoms with van der Waals surface area (Å²) in [5, 5.41) is 4.35. The third-order valence-corrected chi connectivity index (χ3v) is 3.01. The Morgan fingerprint density at radius 2 is 1.84 bits per heavy atom. The molecule has 0 atom stereocenters. The van der Waals surface area contributed by atoms with Gasteiger partial charge in [0.2, 0.25) is 0 Å². The molecule has 0 heterocycles. The second-order valence-corrected chi connectivity index (χ2v) is 4.44. The fourth-order valence-corrected chi connectivity index (χ4v) is 1.82. The van der Waals surface area contributed by atoms with Gasteiger partial charge in [0, 0.05) is 0 Å². The Labute approximate surface area is 116 Å². The largest absolute Gasteiger partial charge is 0.272 e. The first-order valence-electron chi connectivity index (χ1n) is 5.82. The molecule has 0 fully saturated rings. The summed E-state index contributed by atoms with van der Waals surface area (Å²) in [6.07, 6.45) is 1.62.